The van der Waals surface area contributed by atoms with Gasteiger partial charge in [-0.15, -0.1) is 0 Å². The summed E-state index contributed by atoms with van der Waals surface area (Å²) < 4.78 is 5.51. The first kappa shape index (κ1) is 15.2. The molecule has 0 aliphatic rings. The summed E-state index contributed by atoms with van der Waals surface area (Å²) in [5.41, 5.74) is 2.17. The molecule has 2 aromatic carbocycles. The van der Waals surface area contributed by atoms with Crippen molar-refractivity contribution < 1.29 is 14.6 Å². The third-order valence-electron chi connectivity index (χ3n) is 2.89. The second-order valence-corrected chi connectivity index (χ2v) is 5.00. The highest BCUT2D eigenvalue weighted by atomic mass is 35.5. The van der Waals surface area contributed by atoms with E-state index in [0.717, 1.165) is 11.3 Å². The van der Waals surface area contributed by atoms with E-state index in [9.17, 15) is 4.79 Å². The van der Waals surface area contributed by atoms with Crippen LogP contribution in [0.1, 0.15) is 15.9 Å². The van der Waals surface area contributed by atoms with Crippen LogP contribution < -0.4 is 10.1 Å². The first-order chi connectivity index (χ1) is 10.1. The Labute approximate surface area is 128 Å². The van der Waals surface area contributed by atoms with E-state index in [4.69, 9.17) is 21.4 Å². The second kappa shape index (κ2) is 6.99. The normalized spacial score (nSPS) is 10.2. The van der Waals surface area contributed by atoms with Gasteiger partial charge in [0.05, 0.1) is 16.3 Å². The molecule has 110 valence electrons. The summed E-state index contributed by atoms with van der Waals surface area (Å²) in [7, 11) is 0. The van der Waals surface area contributed by atoms with Crippen molar-refractivity contribution in [2.24, 2.45) is 0 Å². The lowest BCUT2D eigenvalue weighted by molar-refractivity contribution is 0.0696. The van der Waals surface area contributed by atoms with E-state index in [0.29, 0.717) is 23.9 Å². The third-order valence-corrected chi connectivity index (χ3v) is 3.20. The van der Waals surface area contributed by atoms with Crippen LogP contribution >= 0.6 is 11.6 Å². The molecule has 0 bridgehead atoms. The van der Waals surface area contributed by atoms with Crippen molar-refractivity contribution in [3.8, 4) is 5.75 Å². The maximum Gasteiger partial charge on any atom is 0.335 e. The fraction of sp³-hybridized carbons (Fsp3) is 0.188. The van der Waals surface area contributed by atoms with Crippen LogP contribution in [-0.4, -0.2) is 24.2 Å². The Hall–Kier alpha value is -2.20. The molecule has 0 aliphatic carbocycles. The van der Waals surface area contributed by atoms with Crippen LogP contribution in [0.4, 0.5) is 5.69 Å². The zero-order valence-electron chi connectivity index (χ0n) is 11.6. The predicted octanol–water partition coefficient (Wildman–Crippen LogP) is 3.84. The maximum atomic E-state index is 10.9. The molecule has 2 N–H and O–H groups in total. The smallest absolute Gasteiger partial charge is 0.335 e. The second-order valence-electron chi connectivity index (χ2n) is 4.59. The predicted molar refractivity (Wildman–Crippen MR) is 83.6 cm³/mol. The summed E-state index contributed by atoms with van der Waals surface area (Å²) in [6, 6.07) is 12.2. The van der Waals surface area contributed by atoms with Gasteiger partial charge in [0.2, 0.25) is 0 Å². The van der Waals surface area contributed by atoms with Crippen molar-refractivity contribution in [3.05, 3.63) is 58.6 Å². The van der Waals surface area contributed by atoms with Gasteiger partial charge in [0.15, 0.2) is 0 Å². The van der Waals surface area contributed by atoms with Crippen molar-refractivity contribution in [2.45, 2.75) is 6.92 Å². The van der Waals surface area contributed by atoms with Gasteiger partial charge >= 0.3 is 5.97 Å². The number of ether oxygens (including phenoxy) is 1. The van der Waals surface area contributed by atoms with Gasteiger partial charge in [-0.05, 0) is 42.8 Å². The molecule has 0 saturated carbocycles. The van der Waals surface area contributed by atoms with Gasteiger partial charge in [0, 0.05) is 6.54 Å². The number of halogens is 1. The molecule has 5 heteroatoms. The third kappa shape index (κ3) is 4.39. The van der Waals surface area contributed by atoms with Gasteiger partial charge in [0.1, 0.15) is 12.4 Å². The molecule has 0 aromatic heterocycles. The summed E-state index contributed by atoms with van der Waals surface area (Å²) in [6.45, 7) is 2.96. The molecule has 4 nitrogen and oxygen atoms in total. The number of hydrogen-bond donors (Lipinski definition) is 2. The van der Waals surface area contributed by atoms with E-state index in [1.54, 1.807) is 12.1 Å². The molecule has 2 aromatic rings. The average Bonchev–Trinajstić information content (AvgIpc) is 2.45. The number of aryl methyl sites for hydroxylation is 1. The van der Waals surface area contributed by atoms with E-state index >= 15 is 0 Å². The quantitative estimate of drug-likeness (QED) is 0.796. The fourth-order valence-corrected chi connectivity index (χ4v) is 2.14. The Morgan fingerprint density at radius 1 is 1.29 bits per heavy atom. The van der Waals surface area contributed by atoms with Crippen molar-refractivity contribution >= 4 is 23.3 Å². The summed E-state index contributed by atoms with van der Waals surface area (Å²) in [4.78, 5) is 10.9. The molecule has 0 saturated heterocycles. The summed E-state index contributed by atoms with van der Waals surface area (Å²) in [5, 5.41) is 12.7. The number of benzene rings is 2. The van der Waals surface area contributed by atoms with E-state index in [1.165, 1.54) is 12.1 Å². The number of carboxylic acid groups (broad SMARTS) is 1. The molecule has 0 heterocycles. The number of carbonyl (C=O) groups is 1. The van der Waals surface area contributed by atoms with Gasteiger partial charge in [-0.2, -0.15) is 0 Å². The van der Waals surface area contributed by atoms with E-state index in [1.807, 2.05) is 25.1 Å². The first-order valence-corrected chi connectivity index (χ1v) is 6.90. The number of carboxylic acids is 1. The minimum absolute atomic E-state index is 0.210. The van der Waals surface area contributed by atoms with Crippen LogP contribution in [0.2, 0.25) is 5.02 Å². The molecule has 21 heavy (non-hydrogen) atoms. The zero-order valence-corrected chi connectivity index (χ0v) is 12.4. The molecule has 0 atom stereocenters. The van der Waals surface area contributed by atoms with Crippen LogP contribution in [-0.2, 0) is 0 Å². The highest BCUT2D eigenvalue weighted by Gasteiger charge is 2.04. The van der Waals surface area contributed by atoms with Crippen molar-refractivity contribution in [2.75, 3.05) is 18.5 Å². The van der Waals surface area contributed by atoms with Gasteiger partial charge in [0.25, 0.3) is 0 Å². The highest BCUT2D eigenvalue weighted by molar-refractivity contribution is 6.33. The van der Waals surface area contributed by atoms with Crippen molar-refractivity contribution in [1.29, 1.82) is 0 Å². The first-order valence-electron chi connectivity index (χ1n) is 6.52. The Bertz CT molecular complexity index is 643. The van der Waals surface area contributed by atoms with E-state index in [-0.39, 0.29) is 5.56 Å². The summed E-state index contributed by atoms with van der Waals surface area (Å²) >= 11 is 6.11. The molecular formula is C16H16ClNO3. The van der Waals surface area contributed by atoms with Gasteiger partial charge in [-0.3, -0.25) is 0 Å². The number of aromatic carboxylic acids is 1. The van der Waals surface area contributed by atoms with Crippen LogP contribution in [0.5, 0.6) is 5.75 Å². The molecule has 0 fully saturated rings. The van der Waals surface area contributed by atoms with Crippen LogP contribution in [0, 0.1) is 6.92 Å². The van der Waals surface area contributed by atoms with Gasteiger partial charge in [-0.1, -0.05) is 23.7 Å². The minimum Gasteiger partial charge on any atom is -0.492 e. The average molecular weight is 306 g/mol. The molecule has 0 radical (unpaired) electrons. The monoisotopic (exact) mass is 305 g/mol. The Kier molecular flexibility index (Phi) is 5.06. The van der Waals surface area contributed by atoms with Crippen LogP contribution in [0.15, 0.2) is 42.5 Å². The maximum absolute atomic E-state index is 10.9. The summed E-state index contributed by atoms with van der Waals surface area (Å²) in [6.07, 6.45) is 0. The SMILES string of the molecule is Cc1ccc(NCCOc2cccc(C(=O)O)c2)c(Cl)c1. The van der Waals surface area contributed by atoms with Gasteiger partial charge in [-0.25, -0.2) is 4.79 Å². The Balaban J connectivity index is 1.84. The number of nitrogens with one attached hydrogen (secondary N) is 1. The number of rotatable bonds is 6. The molecule has 0 amide bonds. The summed E-state index contributed by atoms with van der Waals surface area (Å²) in [5.74, 6) is -0.434. The fourth-order valence-electron chi connectivity index (χ4n) is 1.84. The van der Waals surface area contributed by atoms with E-state index < -0.39 is 5.97 Å². The molecule has 2 rings (SSSR count). The number of hydrogen-bond acceptors (Lipinski definition) is 3. The standard InChI is InChI=1S/C16H16ClNO3/c1-11-5-6-15(14(17)9-11)18-7-8-21-13-4-2-3-12(10-13)16(19)20/h2-6,9-10,18H,7-8H2,1H3,(H,19,20). The molecule has 0 unspecified atom stereocenters. The zero-order chi connectivity index (χ0) is 15.2. The van der Waals surface area contributed by atoms with Crippen molar-refractivity contribution in [1.82, 2.24) is 0 Å². The van der Waals surface area contributed by atoms with Crippen LogP contribution in [0.25, 0.3) is 0 Å². The van der Waals surface area contributed by atoms with E-state index in [2.05, 4.69) is 5.32 Å². The highest BCUT2D eigenvalue weighted by Crippen LogP contribution is 2.22. The number of anilines is 1. The Morgan fingerprint density at radius 2 is 2.10 bits per heavy atom. The molecular weight excluding hydrogens is 290 g/mol. The lowest BCUT2D eigenvalue weighted by Crippen LogP contribution is -2.12. The van der Waals surface area contributed by atoms with Gasteiger partial charge < -0.3 is 15.2 Å². The van der Waals surface area contributed by atoms with Crippen molar-refractivity contribution in [3.63, 3.8) is 0 Å². The minimum atomic E-state index is -0.968. The molecule has 0 aliphatic heterocycles. The Morgan fingerprint density at radius 3 is 2.81 bits per heavy atom. The largest absolute Gasteiger partial charge is 0.492 e. The lowest BCUT2D eigenvalue weighted by Gasteiger charge is -2.10. The molecule has 0 spiro atoms. The topological polar surface area (TPSA) is 58.6 Å². The van der Waals surface area contributed by atoms with Crippen LogP contribution in [0.3, 0.4) is 0 Å². The lowest BCUT2D eigenvalue weighted by atomic mass is 10.2.